The number of hydrogen-bond donors (Lipinski definition) is 0. The lowest BCUT2D eigenvalue weighted by atomic mass is 10.0. The highest BCUT2D eigenvalue weighted by Crippen LogP contribution is 2.38. The van der Waals surface area contributed by atoms with Crippen LogP contribution in [0.1, 0.15) is 11.4 Å². The van der Waals surface area contributed by atoms with Gasteiger partial charge >= 0.3 is 0 Å². The van der Waals surface area contributed by atoms with Crippen molar-refractivity contribution in [2.24, 2.45) is 0 Å². The van der Waals surface area contributed by atoms with Crippen LogP contribution in [0, 0.1) is 17.0 Å². The fraction of sp³-hybridized carbons (Fsp3) is 0.130. The molecule has 0 unspecified atom stereocenters. The van der Waals surface area contributed by atoms with Crippen molar-refractivity contribution in [1.82, 2.24) is 9.97 Å². The Labute approximate surface area is 167 Å². The van der Waals surface area contributed by atoms with E-state index in [1.54, 1.807) is 24.3 Å². The third-order valence-electron chi connectivity index (χ3n) is 5.34. The quantitative estimate of drug-likeness (QED) is 0.359. The van der Waals surface area contributed by atoms with Crippen molar-refractivity contribution >= 4 is 28.1 Å². The molecule has 0 radical (unpaired) electrons. The van der Waals surface area contributed by atoms with Crippen LogP contribution < -0.4 is 4.90 Å². The molecule has 6 nitrogen and oxygen atoms in total. The van der Waals surface area contributed by atoms with E-state index in [-0.39, 0.29) is 10.6 Å². The van der Waals surface area contributed by atoms with Gasteiger partial charge in [0.2, 0.25) is 0 Å². The molecule has 0 saturated heterocycles. The highest BCUT2D eigenvalue weighted by atomic mass is 16.6. The van der Waals surface area contributed by atoms with Crippen LogP contribution >= 0.6 is 0 Å². The van der Waals surface area contributed by atoms with E-state index in [2.05, 4.69) is 34.1 Å². The van der Waals surface area contributed by atoms with E-state index in [9.17, 15) is 10.1 Å². The predicted molar refractivity (Wildman–Crippen MR) is 114 cm³/mol. The summed E-state index contributed by atoms with van der Waals surface area (Å²) in [5.74, 6) is 1.70. The van der Waals surface area contributed by atoms with Gasteiger partial charge in [0.25, 0.3) is 5.69 Å². The molecule has 0 atom stereocenters. The first-order valence-electron chi connectivity index (χ1n) is 9.49. The van der Waals surface area contributed by atoms with E-state index in [4.69, 9.17) is 4.98 Å². The Morgan fingerprint density at radius 1 is 0.966 bits per heavy atom. The fourth-order valence-corrected chi connectivity index (χ4v) is 3.96. The van der Waals surface area contributed by atoms with Crippen LogP contribution in [0.5, 0.6) is 0 Å². The molecule has 5 rings (SSSR count). The number of para-hydroxylation sites is 1. The van der Waals surface area contributed by atoms with Gasteiger partial charge in [-0.25, -0.2) is 9.97 Å². The molecule has 29 heavy (non-hydrogen) atoms. The molecule has 4 aromatic rings. The van der Waals surface area contributed by atoms with Crippen LogP contribution in [-0.4, -0.2) is 21.4 Å². The number of fused-ring (bicyclic) bond motifs is 2. The molecule has 0 bridgehead atoms. The fourth-order valence-electron chi connectivity index (χ4n) is 3.96. The summed E-state index contributed by atoms with van der Waals surface area (Å²) in [6.07, 6.45) is 0.924. The number of nitrogens with zero attached hydrogens (tertiary/aromatic N) is 4. The molecule has 0 fully saturated rings. The molecule has 1 aliphatic rings. The molecule has 142 valence electrons. The molecular formula is C23H18N4O2. The van der Waals surface area contributed by atoms with Gasteiger partial charge in [-0.3, -0.25) is 10.1 Å². The van der Waals surface area contributed by atoms with Gasteiger partial charge in [0.15, 0.2) is 0 Å². The number of rotatable bonds is 3. The van der Waals surface area contributed by atoms with Gasteiger partial charge in [0.1, 0.15) is 11.6 Å². The number of hydrogen-bond acceptors (Lipinski definition) is 5. The highest BCUT2D eigenvalue weighted by Gasteiger charge is 2.24. The summed E-state index contributed by atoms with van der Waals surface area (Å²) >= 11 is 0. The topological polar surface area (TPSA) is 72.2 Å². The lowest BCUT2D eigenvalue weighted by Crippen LogP contribution is -2.16. The molecule has 0 amide bonds. The van der Waals surface area contributed by atoms with Gasteiger partial charge in [-0.1, -0.05) is 18.2 Å². The third-order valence-corrected chi connectivity index (χ3v) is 5.34. The minimum atomic E-state index is -0.377. The summed E-state index contributed by atoms with van der Waals surface area (Å²) in [5.41, 5.74) is 5.49. The highest BCUT2D eigenvalue weighted by molar-refractivity contribution is 5.92. The maximum absolute atomic E-state index is 10.9. The van der Waals surface area contributed by atoms with Gasteiger partial charge < -0.3 is 4.90 Å². The van der Waals surface area contributed by atoms with Gasteiger partial charge in [0, 0.05) is 29.8 Å². The van der Waals surface area contributed by atoms with Crippen molar-refractivity contribution in [2.45, 2.75) is 13.3 Å². The van der Waals surface area contributed by atoms with Gasteiger partial charge in [0.05, 0.1) is 10.4 Å². The number of nitro benzene ring substituents is 1. The van der Waals surface area contributed by atoms with Crippen LogP contribution in [0.2, 0.25) is 0 Å². The number of benzene rings is 3. The average Bonchev–Trinajstić information content (AvgIpc) is 3.16. The molecular weight excluding hydrogens is 364 g/mol. The normalized spacial score (nSPS) is 12.9. The van der Waals surface area contributed by atoms with Crippen molar-refractivity contribution in [2.75, 3.05) is 11.4 Å². The van der Waals surface area contributed by atoms with E-state index in [0.29, 0.717) is 0 Å². The zero-order valence-corrected chi connectivity index (χ0v) is 15.9. The number of aryl methyl sites for hydroxylation is 1. The smallest absolute Gasteiger partial charge is 0.269 e. The van der Waals surface area contributed by atoms with Crippen LogP contribution in [0.3, 0.4) is 0 Å². The zero-order chi connectivity index (χ0) is 20.0. The maximum Gasteiger partial charge on any atom is 0.269 e. The Morgan fingerprint density at radius 3 is 2.52 bits per heavy atom. The molecule has 0 saturated carbocycles. The summed E-state index contributed by atoms with van der Waals surface area (Å²) in [5, 5.41) is 11.9. The summed E-state index contributed by atoms with van der Waals surface area (Å²) in [7, 11) is 0. The van der Waals surface area contributed by atoms with Crippen molar-refractivity contribution in [3.05, 3.63) is 88.2 Å². The predicted octanol–water partition coefficient (Wildman–Crippen LogP) is 5.21. The third kappa shape index (κ3) is 2.99. The summed E-state index contributed by atoms with van der Waals surface area (Å²) in [6, 6.07) is 21.1. The van der Waals surface area contributed by atoms with E-state index in [0.717, 1.165) is 52.3 Å². The van der Waals surface area contributed by atoms with Crippen molar-refractivity contribution in [3.8, 4) is 11.1 Å². The Kier molecular flexibility index (Phi) is 3.98. The second kappa shape index (κ2) is 6.67. The molecule has 1 aromatic heterocycles. The van der Waals surface area contributed by atoms with E-state index in [1.165, 1.54) is 5.56 Å². The average molecular weight is 382 g/mol. The molecule has 6 heteroatoms. The van der Waals surface area contributed by atoms with Crippen LogP contribution in [0.25, 0.3) is 22.0 Å². The minimum absolute atomic E-state index is 0.104. The molecule has 0 spiro atoms. The first-order valence-corrected chi connectivity index (χ1v) is 9.49. The summed E-state index contributed by atoms with van der Waals surface area (Å²) < 4.78 is 0. The van der Waals surface area contributed by atoms with Crippen LogP contribution in [0.15, 0.2) is 66.7 Å². The lowest BCUT2D eigenvalue weighted by molar-refractivity contribution is -0.384. The number of non-ortho nitro benzene ring substituents is 1. The summed E-state index contributed by atoms with van der Waals surface area (Å²) in [4.78, 5) is 22.1. The Balaban J connectivity index is 1.54. The first kappa shape index (κ1) is 17.3. The number of nitro groups is 1. The van der Waals surface area contributed by atoms with Crippen molar-refractivity contribution in [3.63, 3.8) is 0 Å². The Bertz CT molecular complexity index is 1250. The molecule has 3 aromatic carbocycles. The SMILES string of the molecule is Cc1nc(N2CCc3cc(-c4ccc([N+](=O)[O-])cc4)ccc32)c2ccccc2n1. The first-order chi connectivity index (χ1) is 14.1. The second-order valence-corrected chi connectivity index (χ2v) is 7.16. The molecule has 0 aliphatic carbocycles. The van der Waals surface area contributed by atoms with Crippen molar-refractivity contribution in [1.29, 1.82) is 0 Å². The second-order valence-electron chi connectivity index (χ2n) is 7.16. The van der Waals surface area contributed by atoms with Gasteiger partial charge in [-0.2, -0.15) is 0 Å². The molecule has 0 N–H and O–H groups in total. The minimum Gasteiger partial charge on any atom is -0.325 e. The van der Waals surface area contributed by atoms with E-state index in [1.807, 2.05) is 25.1 Å². The largest absolute Gasteiger partial charge is 0.325 e. The zero-order valence-electron chi connectivity index (χ0n) is 15.9. The lowest BCUT2D eigenvalue weighted by Gasteiger charge is -2.20. The van der Waals surface area contributed by atoms with Crippen LogP contribution in [0.4, 0.5) is 17.2 Å². The number of anilines is 2. The Morgan fingerprint density at radius 2 is 1.72 bits per heavy atom. The monoisotopic (exact) mass is 382 g/mol. The molecule has 1 aliphatic heterocycles. The van der Waals surface area contributed by atoms with Crippen LogP contribution in [-0.2, 0) is 6.42 Å². The van der Waals surface area contributed by atoms with Gasteiger partial charge in [-0.05, 0) is 66.4 Å². The van der Waals surface area contributed by atoms with Crippen molar-refractivity contribution < 1.29 is 4.92 Å². The standard InChI is InChI=1S/C23H18N4O2/c1-15-24-21-5-3-2-4-20(21)23(25-15)26-13-12-18-14-17(8-11-22(18)26)16-6-9-19(10-7-16)27(28)29/h2-11,14H,12-13H2,1H3. The maximum atomic E-state index is 10.9. The van der Waals surface area contributed by atoms with Gasteiger partial charge in [-0.15, -0.1) is 0 Å². The summed E-state index contributed by atoms with van der Waals surface area (Å²) in [6.45, 7) is 2.78. The molecule has 2 heterocycles. The van der Waals surface area contributed by atoms with E-state index < -0.39 is 0 Å². The Hall–Kier alpha value is -3.80. The number of aromatic nitrogens is 2. The van der Waals surface area contributed by atoms with E-state index >= 15 is 0 Å².